The van der Waals surface area contributed by atoms with Crippen molar-refractivity contribution in [3.05, 3.63) is 66.2 Å². The van der Waals surface area contributed by atoms with Gasteiger partial charge >= 0.3 is 0 Å². The van der Waals surface area contributed by atoms with Gasteiger partial charge in [-0.15, -0.1) is 0 Å². The zero-order chi connectivity index (χ0) is 18.1. The third kappa shape index (κ3) is 3.30. The Kier molecular flexibility index (Phi) is 4.37. The highest BCUT2D eigenvalue weighted by atomic mass is 16.5. The van der Waals surface area contributed by atoms with Crippen molar-refractivity contribution in [1.82, 2.24) is 4.90 Å². The van der Waals surface area contributed by atoms with Crippen molar-refractivity contribution >= 4 is 16.7 Å². The molecule has 0 aromatic heterocycles. The summed E-state index contributed by atoms with van der Waals surface area (Å²) in [6.07, 6.45) is 1.27. The molecule has 0 radical (unpaired) electrons. The maximum Gasteiger partial charge on any atom is 0.253 e. The fourth-order valence-corrected chi connectivity index (χ4v) is 3.28. The van der Waals surface area contributed by atoms with Crippen LogP contribution in [-0.2, 0) is 0 Å². The maximum absolute atomic E-state index is 12.4. The molecule has 1 heterocycles. The van der Waals surface area contributed by atoms with Gasteiger partial charge in [0.25, 0.3) is 5.91 Å². The molecule has 1 aliphatic heterocycles. The van der Waals surface area contributed by atoms with Gasteiger partial charge in [0, 0.05) is 18.7 Å². The number of rotatable bonds is 4. The zero-order valence-corrected chi connectivity index (χ0v) is 15.2. The molecule has 0 atom stereocenters. The first-order chi connectivity index (χ1) is 12.6. The van der Waals surface area contributed by atoms with E-state index in [2.05, 4.69) is 30.3 Å². The predicted octanol–water partition coefficient (Wildman–Crippen LogP) is 5.14. The molecule has 0 aliphatic carbocycles. The van der Waals surface area contributed by atoms with E-state index in [1.807, 2.05) is 49.1 Å². The van der Waals surface area contributed by atoms with E-state index in [-0.39, 0.29) is 12.0 Å². The molecule has 1 amide bonds. The highest BCUT2D eigenvalue weighted by Crippen LogP contribution is 2.28. The molecule has 3 aromatic carbocycles. The second kappa shape index (κ2) is 6.83. The number of hydrogen-bond donors (Lipinski definition) is 0. The SMILES string of the molecule is CC(C)Oc1cccc(-c2ccc3cc(C(=O)N4CCC4)ccc3c2)c1. The molecule has 4 rings (SSSR count). The van der Waals surface area contributed by atoms with Crippen molar-refractivity contribution in [2.75, 3.05) is 13.1 Å². The number of carbonyl (C=O) groups is 1. The van der Waals surface area contributed by atoms with Crippen LogP contribution in [0.5, 0.6) is 5.75 Å². The second-order valence-corrected chi connectivity index (χ2v) is 7.12. The molecular weight excluding hydrogens is 322 g/mol. The molecule has 3 heteroatoms. The van der Waals surface area contributed by atoms with E-state index in [1.54, 1.807) is 0 Å². The molecule has 0 N–H and O–H groups in total. The second-order valence-electron chi connectivity index (χ2n) is 7.12. The quantitative estimate of drug-likeness (QED) is 0.655. The largest absolute Gasteiger partial charge is 0.491 e. The predicted molar refractivity (Wildman–Crippen MR) is 106 cm³/mol. The molecule has 3 aromatic rings. The fourth-order valence-electron chi connectivity index (χ4n) is 3.28. The van der Waals surface area contributed by atoms with Crippen molar-refractivity contribution in [2.24, 2.45) is 0 Å². The summed E-state index contributed by atoms with van der Waals surface area (Å²) in [5, 5.41) is 2.23. The summed E-state index contributed by atoms with van der Waals surface area (Å²) in [7, 11) is 0. The van der Waals surface area contributed by atoms with Crippen LogP contribution in [0.2, 0.25) is 0 Å². The Labute approximate surface area is 154 Å². The first kappa shape index (κ1) is 16.6. The average Bonchev–Trinajstić information content (AvgIpc) is 2.59. The summed E-state index contributed by atoms with van der Waals surface area (Å²) in [6, 6.07) is 20.5. The number of hydrogen-bond acceptors (Lipinski definition) is 2. The summed E-state index contributed by atoms with van der Waals surface area (Å²) in [5.74, 6) is 1.02. The Morgan fingerprint density at radius 3 is 2.38 bits per heavy atom. The van der Waals surface area contributed by atoms with E-state index in [9.17, 15) is 4.79 Å². The number of ether oxygens (including phenoxy) is 1. The monoisotopic (exact) mass is 345 g/mol. The van der Waals surface area contributed by atoms with Crippen LogP contribution in [0.1, 0.15) is 30.6 Å². The van der Waals surface area contributed by atoms with Crippen LogP contribution < -0.4 is 4.74 Å². The standard InChI is InChI=1S/C23H23NO2/c1-16(2)26-22-6-3-5-17(15-22)18-7-8-20-14-21(10-9-19(20)13-18)23(25)24-11-4-12-24/h3,5-10,13-16H,4,11-12H2,1-2H3. The molecule has 1 fully saturated rings. The lowest BCUT2D eigenvalue weighted by molar-refractivity contribution is 0.0652. The van der Waals surface area contributed by atoms with Gasteiger partial charge in [0.1, 0.15) is 5.75 Å². The Hall–Kier alpha value is -2.81. The minimum absolute atomic E-state index is 0.140. The third-order valence-corrected chi connectivity index (χ3v) is 4.77. The number of amides is 1. The molecule has 0 spiro atoms. The van der Waals surface area contributed by atoms with Gasteiger partial charge in [-0.25, -0.2) is 0 Å². The molecule has 1 aliphatic rings. The minimum atomic E-state index is 0.140. The molecular formula is C23H23NO2. The lowest BCUT2D eigenvalue weighted by Crippen LogP contribution is -2.41. The number of likely N-dealkylation sites (tertiary alicyclic amines) is 1. The average molecular weight is 345 g/mol. The van der Waals surface area contributed by atoms with Gasteiger partial charge < -0.3 is 9.64 Å². The fraction of sp³-hybridized carbons (Fsp3) is 0.261. The molecule has 26 heavy (non-hydrogen) atoms. The van der Waals surface area contributed by atoms with Crippen LogP contribution in [0.15, 0.2) is 60.7 Å². The third-order valence-electron chi connectivity index (χ3n) is 4.77. The first-order valence-corrected chi connectivity index (χ1v) is 9.20. The summed E-state index contributed by atoms with van der Waals surface area (Å²) in [4.78, 5) is 14.3. The molecule has 1 saturated heterocycles. The molecule has 3 nitrogen and oxygen atoms in total. The van der Waals surface area contributed by atoms with Crippen molar-refractivity contribution < 1.29 is 9.53 Å². The Balaban J connectivity index is 1.64. The lowest BCUT2D eigenvalue weighted by Gasteiger charge is -2.31. The van der Waals surface area contributed by atoms with Gasteiger partial charge in [0.15, 0.2) is 0 Å². The molecule has 0 saturated carbocycles. The summed E-state index contributed by atoms with van der Waals surface area (Å²) in [5.41, 5.74) is 3.05. The summed E-state index contributed by atoms with van der Waals surface area (Å²) >= 11 is 0. The van der Waals surface area contributed by atoms with E-state index < -0.39 is 0 Å². The van der Waals surface area contributed by atoms with Crippen LogP contribution in [0.3, 0.4) is 0 Å². The van der Waals surface area contributed by atoms with E-state index in [0.29, 0.717) is 0 Å². The van der Waals surface area contributed by atoms with Gasteiger partial charge in [0.2, 0.25) is 0 Å². The van der Waals surface area contributed by atoms with Crippen LogP contribution in [0, 0.1) is 0 Å². The Bertz CT molecular complexity index is 957. The number of nitrogens with zero attached hydrogens (tertiary/aromatic N) is 1. The highest BCUT2D eigenvalue weighted by molar-refractivity contribution is 5.99. The van der Waals surface area contributed by atoms with Crippen LogP contribution in [0.4, 0.5) is 0 Å². The maximum atomic E-state index is 12.4. The summed E-state index contributed by atoms with van der Waals surface area (Å²) in [6.45, 7) is 5.82. The Morgan fingerprint density at radius 2 is 1.65 bits per heavy atom. The highest BCUT2D eigenvalue weighted by Gasteiger charge is 2.21. The van der Waals surface area contributed by atoms with Crippen LogP contribution >= 0.6 is 0 Å². The minimum Gasteiger partial charge on any atom is -0.491 e. The van der Waals surface area contributed by atoms with E-state index >= 15 is 0 Å². The Morgan fingerprint density at radius 1 is 0.923 bits per heavy atom. The van der Waals surface area contributed by atoms with Crippen molar-refractivity contribution in [3.63, 3.8) is 0 Å². The van der Waals surface area contributed by atoms with Crippen LogP contribution in [0.25, 0.3) is 21.9 Å². The van der Waals surface area contributed by atoms with Crippen molar-refractivity contribution in [2.45, 2.75) is 26.4 Å². The topological polar surface area (TPSA) is 29.5 Å². The van der Waals surface area contributed by atoms with E-state index in [0.717, 1.165) is 52.7 Å². The normalized spacial score (nSPS) is 13.7. The zero-order valence-electron chi connectivity index (χ0n) is 15.2. The van der Waals surface area contributed by atoms with Gasteiger partial charge in [-0.1, -0.05) is 30.3 Å². The van der Waals surface area contributed by atoms with Crippen molar-refractivity contribution in [1.29, 1.82) is 0 Å². The van der Waals surface area contributed by atoms with Gasteiger partial charge in [0.05, 0.1) is 6.10 Å². The lowest BCUT2D eigenvalue weighted by atomic mass is 9.99. The number of benzene rings is 3. The summed E-state index contributed by atoms with van der Waals surface area (Å²) < 4.78 is 5.80. The number of fused-ring (bicyclic) bond motifs is 1. The van der Waals surface area contributed by atoms with Crippen molar-refractivity contribution in [3.8, 4) is 16.9 Å². The van der Waals surface area contributed by atoms with Gasteiger partial charge in [-0.05, 0) is 72.5 Å². The van der Waals surface area contributed by atoms with E-state index in [4.69, 9.17) is 4.74 Å². The number of carbonyl (C=O) groups excluding carboxylic acids is 1. The van der Waals surface area contributed by atoms with E-state index in [1.165, 1.54) is 0 Å². The van der Waals surface area contributed by atoms with Crippen LogP contribution in [-0.4, -0.2) is 30.0 Å². The molecule has 0 bridgehead atoms. The van der Waals surface area contributed by atoms with Gasteiger partial charge in [-0.3, -0.25) is 4.79 Å². The van der Waals surface area contributed by atoms with Gasteiger partial charge in [-0.2, -0.15) is 0 Å². The smallest absolute Gasteiger partial charge is 0.253 e. The first-order valence-electron chi connectivity index (χ1n) is 9.20. The molecule has 132 valence electrons. The molecule has 0 unspecified atom stereocenters.